The van der Waals surface area contributed by atoms with Gasteiger partial charge in [-0.15, -0.1) is 0 Å². The van der Waals surface area contributed by atoms with Crippen LogP contribution < -0.4 is 0 Å². The van der Waals surface area contributed by atoms with Crippen LogP contribution in [0.5, 0.6) is 0 Å². The normalized spacial score (nSPS) is 21.3. The highest BCUT2D eigenvalue weighted by Gasteiger charge is 2.33. The van der Waals surface area contributed by atoms with E-state index in [2.05, 4.69) is 4.74 Å². The fraction of sp³-hybridized carbons (Fsp3) is 0.556. The Balaban J connectivity index is 2.01. The number of nitrogens with zero attached hydrogens (tertiary/aromatic N) is 1. The molecule has 132 valence electrons. The van der Waals surface area contributed by atoms with Gasteiger partial charge in [0.15, 0.2) is 0 Å². The summed E-state index contributed by atoms with van der Waals surface area (Å²) >= 11 is 0. The maximum Gasteiger partial charge on any atom is 0.410 e. The van der Waals surface area contributed by atoms with Crippen LogP contribution in [0, 0.1) is 0 Å². The van der Waals surface area contributed by atoms with Gasteiger partial charge in [0.25, 0.3) is 0 Å². The third kappa shape index (κ3) is 4.47. The van der Waals surface area contributed by atoms with Crippen LogP contribution in [-0.2, 0) is 9.47 Å². The number of likely N-dealkylation sites (tertiary alicyclic amines) is 1. The number of methoxy groups -OCH3 is 1. The van der Waals surface area contributed by atoms with E-state index in [1.807, 2.05) is 32.9 Å². The number of esters is 1. The number of piperidine rings is 1. The SMILES string of the molecule is COC(=O)c1ccc([C@@H]2CCN(C(=O)OC(C)(C)C)C[C@H]2O)cc1. The summed E-state index contributed by atoms with van der Waals surface area (Å²) in [6.07, 6.45) is -0.436. The molecule has 1 amide bonds. The Morgan fingerprint density at radius 2 is 1.83 bits per heavy atom. The Hall–Kier alpha value is -2.08. The Bertz CT molecular complexity index is 590. The molecule has 2 atom stereocenters. The number of benzene rings is 1. The van der Waals surface area contributed by atoms with Gasteiger partial charge in [-0.25, -0.2) is 9.59 Å². The molecule has 1 aliphatic rings. The first-order valence-corrected chi connectivity index (χ1v) is 8.05. The van der Waals surface area contributed by atoms with E-state index in [9.17, 15) is 14.7 Å². The summed E-state index contributed by atoms with van der Waals surface area (Å²) in [6, 6.07) is 7.02. The maximum atomic E-state index is 12.1. The van der Waals surface area contributed by atoms with E-state index in [1.54, 1.807) is 12.1 Å². The van der Waals surface area contributed by atoms with Gasteiger partial charge in [-0.3, -0.25) is 0 Å². The first kappa shape index (κ1) is 18.3. The molecular formula is C18H25NO5. The van der Waals surface area contributed by atoms with Crippen molar-refractivity contribution in [3.8, 4) is 0 Å². The fourth-order valence-corrected chi connectivity index (χ4v) is 2.80. The van der Waals surface area contributed by atoms with E-state index in [4.69, 9.17) is 4.74 Å². The van der Waals surface area contributed by atoms with E-state index >= 15 is 0 Å². The van der Waals surface area contributed by atoms with Crippen LogP contribution in [0.25, 0.3) is 0 Å². The molecular weight excluding hydrogens is 310 g/mol. The predicted molar refractivity (Wildman–Crippen MR) is 89.0 cm³/mol. The summed E-state index contributed by atoms with van der Waals surface area (Å²) < 4.78 is 10.0. The summed E-state index contributed by atoms with van der Waals surface area (Å²) in [4.78, 5) is 25.1. The lowest BCUT2D eigenvalue weighted by molar-refractivity contribution is -0.00153. The van der Waals surface area contributed by atoms with Crippen LogP contribution in [0.2, 0.25) is 0 Å². The highest BCUT2D eigenvalue weighted by atomic mass is 16.6. The highest BCUT2D eigenvalue weighted by molar-refractivity contribution is 5.89. The lowest BCUT2D eigenvalue weighted by Crippen LogP contribution is -2.47. The van der Waals surface area contributed by atoms with Crippen LogP contribution in [0.4, 0.5) is 4.79 Å². The van der Waals surface area contributed by atoms with Crippen molar-refractivity contribution in [2.24, 2.45) is 0 Å². The first-order valence-electron chi connectivity index (χ1n) is 8.05. The van der Waals surface area contributed by atoms with Crippen molar-refractivity contribution in [3.63, 3.8) is 0 Å². The summed E-state index contributed by atoms with van der Waals surface area (Å²) in [5, 5.41) is 10.4. The van der Waals surface area contributed by atoms with Crippen molar-refractivity contribution in [3.05, 3.63) is 35.4 Å². The van der Waals surface area contributed by atoms with Gasteiger partial charge in [0, 0.05) is 12.5 Å². The molecule has 0 aromatic heterocycles. The molecule has 0 saturated carbocycles. The molecule has 1 heterocycles. The van der Waals surface area contributed by atoms with E-state index in [0.29, 0.717) is 18.5 Å². The van der Waals surface area contributed by atoms with Crippen molar-refractivity contribution < 1.29 is 24.2 Å². The number of ether oxygens (including phenoxy) is 2. The second-order valence-electron chi connectivity index (χ2n) is 7.00. The minimum absolute atomic E-state index is 0.0737. The Morgan fingerprint density at radius 3 is 2.33 bits per heavy atom. The van der Waals surface area contributed by atoms with Gasteiger partial charge in [0.05, 0.1) is 25.3 Å². The van der Waals surface area contributed by atoms with E-state index in [1.165, 1.54) is 12.0 Å². The van der Waals surface area contributed by atoms with Gasteiger partial charge in [-0.2, -0.15) is 0 Å². The second kappa shape index (κ2) is 7.21. The fourth-order valence-electron chi connectivity index (χ4n) is 2.80. The van der Waals surface area contributed by atoms with E-state index < -0.39 is 17.8 Å². The molecule has 0 unspecified atom stereocenters. The zero-order chi connectivity index (χ0) is 17.9. The Kier molecular flexibility index (Phi) is 5.49. The van der Waals surface area contributed by atoms with Gasteiger partial charge < -0.3 is 19.5 Å². The predicted octanol–water partition coefficient (Wildman–Crippen LogP) is 2.56. The molecule has 2 rings (SSSR count). The van der Waals surface area contributed by atoms with Crippen molar-refractivity contribution in [1.82, 2.24) is 4.90 Å². The lowest BCUT2D eigenvalue weighted by atomic mass is 9.87. The van der Waals surface area contributed by atoms with Crippen molar-refractivity contribution in [2.75, 3.05) is 20.2 Å². The topological polar surface area (TPSA) is 76.1 Å². The standard InChI is InChI=1S/C18H25NO5/c1-18(2,3)24-17(22)19-10-9-14(15(20)11-19)12-5-7-13(8-6-12)16(21)23-4/h5-8,14-15,20H,9-11H2,1-4H3/t14-,15+/m0/s1. The van der Waals surface area contributed by atoms with Gasteiger partial charge in [0.1, 0.15) is 5.60 Å². The minimum atomic E-state index is -0.671. The summed E-state index contributed by atoms with van der Waals surface area (Å²) in [5.74, 6) is -0.461. The third-order valence-corrected chi connectivity index (χ3v) is 3.99. The Morgan fingerprint density at radius 1 is 1.21 bits per heavy atom. The summed E-state index contributed by atoms with van der Waals surface area (Å²) in [7, 11) is 1.34. The number of amides is 1. The largest absolute Gasteiger partial charge is 0.465 e. The molecule has 1 aliphatic heterocycles. The Labute approximate surface area is 142 Å². The number of carbonyl (C=O) groups excluding carboxylic acids is 2. The van der Waals surface area contributed by atoms with Crippen molar-refractivity contribution in [1.29, 1.82) is 0 Å². The molecule has 1 aromatic carbocycles. The molecule has 1 fully saturated rings. The van der Waals surface area contributed by atoms with Gasteiger partial charge in [-0.05, 0) is 44.9 Å². The molecule has 6 heteroatoms. The highest BCUT2D eigenvalue weighted by Crippen LogP contribution is 2.29. The average molecular weight is 335 g/mol. The van der Waals surface area contributed by atoms with Crippen molar-refractivity contribution in [2.45, 2.75) is 44.8 Å². The molecule has 6 nitrogen and oxygen atoms in total. The quantitative estimate of drug-likeness (QED) is 0.841. The molecule has 24 heavy (non-hydrogen) atoms. The lowest BCUT2D eigenvalue weighted by Gasteiger charge is -2.36. The summed E-state index contributed by atoms with van der Waals surface area (Å²) in [5.41, 5.74) is 0.865. The van der Waals surface area contributed by atoms with Gasteiger partial charge >= 0.3 is 12.1 Å². The summed E-state index contributed by atoms with van der Waals surface area (Å²) in [6.45, 7) is 6.21. The molecule has 1 aromatic rings. The van der Waals surface area contributed by atoms with Crippen LogP contribution in [0.3, 0.4) is 0 Å². The molecule has 1 saturated heterocycles. The first-order chi connectivity index (χ1) is 11.2. The smallest absolute Gasteiger partial charge is 0.410 e. The molecule has 0 radical (unpaired) electrons. The number of β-amino-alcohol motifs (C(OH)–C–C–N with tert-alkyl or cyclic N) is 1. The maximum absolute atomic E-state index is 12.1. The van der Waals surface area contributed by atoms with Gasteiger partial charge in [-0.1, -0.05) is 12.1 Å². The van der Waals surface area contributed by atoms with Crippen molar-refractivity contribution >= 4 is 12.1 Å². The molecule has 0 aliphatic carbocycles. The number of aliphatic hydroxyl groups is 1. The zero-order valence-electron chi connectivity index (χ0n) is 14.6. The third-order valence-electron chi connectivity index (χ3n) is 3.99. The molecule has 0 bridgehead atoms. The number of hydrogen-bond donors (Lipinski definition) is 1. The number of carbonyl (C=O) groups is 2. The average Bonchev–Trinajstić information content (AvgIpc) is 2.52. The monoisotopic (exact) mass is 335 g/mol. The van der Waals surface area contributed by atoms with Crippen LogP contribution in [0.15, 0.2) is 24.3 Å². The number of aliphatic hydroxyl groups excluding tert-OH is 1. The van der Waals surface area contributed by atoms with Crippen LogP contribution in [0.1, 0.15) is 49.0 Å². The van der Waals surface area contributed by atoms with Gasteiger partial charge in [0.2, 0.25) is 0 Å². The molecule has 0 spiro atoms. The number of hydrogen-bond acceptors (Lipinski definition) is 5. The minimum Gasteiger partial charge on any atom is -0.465 e. The van der Waals surface area contributed by atoms with E-state index in [0.717, 1.165) is 5.56 Å². The van der Waals surface area contributed by atoms with Crippen LogP contribution in [-0.4, -0.2) is 54.0 Å². The molecule has 1 N–H and O–H groups in total. The zero-order valence-corrected chi connectivity index (χ0v) is 14.6. The van der Waals surface area contributed by atoms with E-state index in [-0.39, 0.29) is 18.4 Å². The van der Waals surface area contributed by atoms with Crippen LogP contribution >= 0.6 is 0 Å². The number of rotatable bonds is 2. The second-order valence-corrected chi connectivity index (χ2v) is 7.00.